The van der Waals surface area contributed by atoms with Crippen LogP contribution in [0.2, 0.25) is 0 Å². The van der Waals surface area contributed by atoms with Gasteiger partial charge in [0.05, 0.1) is 0 Å². The van der Waals surface area contributed by atoms with E-state index in [9.17, 15) is 14.4 Å². The molecule has 1 saturated carbocycles. The summed E-state index contributed by atoms with van der Waals surface area (Å²) in [7, 11) is 0. The van der Waals surface area contributed by atoms with Crippen LogP contribution in [0.1, 0.15) is 66.2 Å². The summed E-state index contributed by atoms with van der Waals surface area (Å²) in [6.07, 6.45) is 5.12. The molecule has 0 aromatic rings. The van der Waals surface area contributed by atoms with Gasteiger partial charge in [0.25, 0.3) is 5.91 Å². The monoisotopic (exact) mass is 428 g/mol. The molecule has 1 spiro atoms. The van der Waals surface area contributed by atoms with Crippen LogP contribution in [0.15, 0.2) is 0 Å². The number of amides is 4. The first-order valence-corrected chi connectivity index (χ1v) is 10.7. The van der Waals surface area contributed by atoms with Crippen LogP contribution in [0, 0.1) is 16.7 Å². The van der Waals surface area contributed by atoms with Crippen molar-refractivity contribution in [1.29, 1.82) is 0 Å². The molecule has 1 atom stereocenters. The average molecular weight is 429 g/mol. The number of hydrogen-bond acceptors (Lipinski definition) is 4. The lowest BCUT2D eigenvalue weighted by atomic mass is 9.65. The van der Waals surface area contributed by atoms with Crippen LogP contribution in [0.4, 0.5) is 4.79 Å². The molecule has 4 amide bonds. The highest BCUT2D eigenvalue weighted by Gasteiger charge is 2.54. The highest BCUT2D eigenvalue weighted by molar-refractivity contribution is 6.09. The molecule has 1 unspecified atom stereocenters. The van der Waals surface area contributed by atoms with Gasteiger partial charge in [-0.3, -0.25) is 14.5 Å². The second-order valence-corrected chi connectivity index (χ2v) is 10.1. The second-order valence-electron chi connectivity index (χ2n) is 10.1. The lowest BCUT2D eigenvalue weighted by Crippen LogP contribution is -2.51. The zero-order valence-electron chi connectivity index (χ0n) is 18.3. The van der Waals surface area contributed by atoms with E-state index in [2.05, 4.69) is 33.0 Å². The molecule has 8 heteroatoms. The number of rotatable bonds is 5. The number of nitrogens with two attached hydrogens (primary N) is 1. The van der Waals surface area contributed by atoms with Gasteiger partial charge >= 0.3 is 6.03 Å². The van der Waals surface area contributed by atoms with E-state index < -0.39 is 11.6 Å². The summed E-state index contributed by atoms with van der Waals surface area (Å²) in [4.78, 5) is 41.2. The first kappa shape index (κ1) is 23.9. The first-order valence-electron chi connectivity index (χ1n) is 10.7. The van der Waals surface area contributed by atoms with Crippen molar-refractivity contribution in [2.45, 2.75) is 71.8 Å². The van der Waals surface area contributed by atoms with Crippen LogP contribution in [0.3, 0.4) is 0 Å². The van der Waals surface area contributed by atoms with Gasteiger partial charge in [-0.25, -0.2) is 4.79 Å². The lowest BCUT2D eigenvalue weighted by Gasteiger charge is -2.42. The summed E-state index contributed by atoms with van der Waals surface area (Å²) in [6.45, 7) is 10.4. The predicted molar refractivity (Wildman–Crippen MR) is 115 cm³/mol. The quantitative estimate of drug-likeness (QED) is 0.657. The zero-order chi connectivity index (χ0) is 20.7. The molecule has 3 N–H and O–H groups in total. The van der Waals surface area contributed by atoms with Gasteiger partial charge in [-0.1, -0.05) is 34.1 Å². The van der Waals surface area contributed by atoms with Crippen molar-refractivity contribution in [2.24, 2.45) is 22.5 Å². The number of nitrogens with zero attached hydrogens (tertiary/aromatic N) is 2. The van der Waals surface area contributed by atoms with Gasteiger partial charge in [-0.2, -0.15) is 0 Å². The SMILES string of the molecule is CCC(C)(C)C1CCC2(CC1)NC(=O)N(CC(=O)N1CCC(C)(CN)C1)C2=O.Cl. The van der Waals surface area contributed by atoms with Gasteiger partial charge in [0.2, 0.25) is 5.91 Å². The van der Waals surface area contributed by atoms with Crippen LogP contribution >= 0.6 is 12.4 Å². The fraction of sp³-hybridized carbons (Fsp3) is 0.857. The Hall–Kier alpha value is -1.34. The fourth-order valence-electron chi connectivity index (χ4n) is 4.98. The van der Waals surface area contributed by atoms with Crippen molar-refractivity contribution in [3.8, 4) is 0 Å². The Kier molecular flexibility index (Phi) is 6.95. The zero-order valence-corrected chi connectivity index (χ0v) is 19.1. The van der Waals surface area contributed by atoms with E-state index in [1.807, 2.05) is 0 Å². The van der Waals surface area contributed by atoms with Crippen LogP contribution in [0.5, 0.6) is 0 Å². The largest absolute Gasteiger partial charge is 0.341 e. The smallest absolute Gasteiger partial charge is 0.325 e. The molecule has 2 saturated heterocycles. The number of likely N-dealkylation sites (tertiary alicyclic amines) is 1. The van der Waals surface area contributed by atoms with Crippen LogP contribution in [-0.4, -0.2) is 59.4 Å². The minimum Gasteiger partial charge on any atom is -0.341 e. The Morgan fingerprint density at radius 3 is 2.38 bits per heavy atom. The number of carbonyl (C=O) groups excluding carboxylic acids is 3. The van der Waals surface area contributed by atoms with Crippen molar-refractivity contribution in [3.05, 3.63) is 0 Å². The molecule has 2 aliphatic heterocycles. The maximum atomic E-state index is 13.1. The molecule has 29 heavy (non-hydrogen) atoms. The summed E-state index contributed by atoms with van der Waals surface area (Å²) in [5.74, 6) is 0.167. The molecule has 1 aliphatic carbocycles. The Morgan fingerprint density at radius 1 is 1.24 bits per heavy atom. The van der Waals surface area contributed by atoms with E-state index in [0.29, 0.717) is 38.4 Å². The third-order valence-corrected chi connectivity index (χ3v) is 7.80. The third-order valence-electron chi connectivity index (χ3n) is 7.80. The first-order chi connectivity index (χ1) is 13.1. The van der Waals surface area contributed by atoms with Gasteiger partial charge in [-0.15, -0.1) is 12.4 Å². The third kappa shape index (κ3) is 4.41. The maximum absolute atomic E-state index is 13.1. The molecule has 0 aromatic heterocycles. The van der Waals surface area contributed by atoms with Crippen LogP contribution < -0.4 is 11.1 Å². The maximum Gasteiger partial charge on any atom is 0.325 e. The van der Waals surface area contributed by atoms with Crippen molar-refractivity contribution >= 4 is 30.3 Å². The van der Waals surface area contributed by atoms with Gasteiger partial charge in [-0.05, 0) is 55.4 Å². The minimum absolute atomic E-state index is 0. The van der Waals surface area contributed by atoms with E-state index in [1.54, 1.807) is 4.90 Å². The van der Waals surface area contributed by atoms with Gasteiger partial charge in [0.1, 0.15) is 12.1 Å². The summed E-state index contributed by atoms with van der Waals surface area (Å²) in [6, 6.07) is -0.424. The van der Waals surface area contributed by atoms with Crippen molar-refractivity contribution in [1.82, 2.24) is 15.1 Å². The number of urea groups is 1. The van der Waals surface area contributed by atoms with E-state index in [-0.39, 0.29) is 41.6 Å². The topological polar surface area (TPSA) is 95.7 Å². The molecule has 2 heterocycles. The molecule has 7 nitrogen and oxygen atoms in total. The van der Waals surface area contributed by atoms with E-state index in [4.69, 9.17) is 5.73 Å². The van der Waals surface area contributed by atoms with E-state index in [1.165, 1.54) is 0 Å². The van der Waals surface area contributed by atoms with Crippen molar-refractivity contribution in [3.63, 3.8) is 0 Å². The summed E-state index contributed by atoms with van der Waals surface area (Å²) >= 11 is 0. The number of imide groups is 1. The van der Waals surface area contributed by atoms with Crippen molar-refractivity contribution in [2.75, 3.05) is 26.2 Å². The predicted octanol–water partition coefficient (Wildman–Crippen LogP) is 2.52. The molecule has 3 rings (SSSR count). The molecule has 3 fully saturated rings. The molecular formula is C21H37ClN4O3. The highest BCUT2D eigenvalue weighted by Crippen LogP contribution is 2.45. The highest BCUT2D eigenvalue weighted by atomic mass is 35.5. The van der Waals surface area contributed by atoms with Gasteiger partial charge in [0.15, 0.2) is 0 Å². The Labute approximate surface area is 180 Å². The second kappa shape index (κ2) is 8.42. The summed E-state index contributed by atoms with van der Waals surface area (Å²) in [5.41, 5.74) is 5.18. The molecular weight excluding hydrogens is 392 g/mol. The standard InChI is InChI=1S/C21H36N4O3.ClH/c1-5-19(2,3)15-6-8-21(9-7-15)17(27)25(18(28)23-21)12-16(26)24-11-10-20(4,13-22)14-24;/h15H,5-14,22H2,1-4H3,(H,23,28);1H. The van der Waals surface area contributed by atoms with Crippen LogP contribution in [-0.2, 0) is 9.59 Å². The molecule has 0 radical (unpaired) electrons. The normalized spacial score (nSPS) is 32.5. The van der Waals surface area contributed by atoms with Crippen LogP contribution in [0.25, 0.3) is 0 Å². The van der Waals surface area contributed by atoms with E-state index >= 15 is 0 Å². The minimum atomic E-state index is -0.811. The fourth-order valence-corrected chi connectivity index (χ4v) is 4.98. The Balaban J connectivity index is 0.00000300. The van der Waals surface area contributed by atoms with Gasteiger partial charge in [0, 0.05) is 13.1 Å². The Morgan fingerprint density at radius 2 is 1.86 bits per heavy atom. The number of nitrogens with one attached hydrogen (secondary N) is 1. The number of hydrogen-bond donors (Lipinski definition) is 2. The molecule has 3 aliphatic rings. The number of halogens is 1. The Bertz CT molecular complexity index is 660. The summed E-state index contributed by atoms with van der Waals surface area (Å²) < 4.78 is 0. The van der Waals surface area contributed by atoms with Gasteiger partial charge < -0.3 is 16.0 Å². The lowest BCUT2D eigenvalue weighted by molar-refractivity contribution is -0.139. The summed E-state index contributed by atoms with van der Waals surface area (Å²) in [5, 5.41) is 2.93. The molecule has 0 bridgehead atoms. The number of carbonyl (C=O) groups is 3. The van der Waals surface area contributed by atoms with Crippen molar-refractivity contribution < 1.29 is 14.4 Å². The molecule has 0 aromatic carbocycles. The molecule has 166 valence electrons. The average Bonchev–Trinajstić information content (AvgIpc) is 3.17. The van der Waals surface area contributed by atoms with E-state index in [0.717, 1.165) is 30.6 Å².